The van der Waals surface area contributed by atoms with E-state index in [0.29, 0.717) is 0 Å². The van der Waals surface area contributed by atoms with E-state index in [1.54, 1.807) is 0 Å². The van der Waals surface area contributed by atoms with E-state index < -0.39 is 17.6 Å². The van der Waals surface area contributed by atoms with Crippen LogP contribution < -0.4 is 29.1 Å². The van der Waals surface area contributed by atoms with E-state index in [9.17, 15) is 19.8 Å². The van der Waals surface area contributed by atoms with E-state index in [1.165, 1.54) is 4.47 Å². The predicted octanol–water partition coefficient (Wildman–Crippen LogP) is -5.59. The topological polar surface area (TPSA) is 110 Å². The van der Waals surface area contributed by atoms with Crippen molar-refractivity contribution in [1.29, 1.82) is 0 Å². The summed E-state index contributed by atoms with van der Waals surface area (Å²) < 4.78 is 1.39. The van der Waals surface area contributed by atoms with Crippen LogP contribution in [0.15, 0.2) is 18.3 Å². The molecule has 1 rings (SSSR count). The van der Waals surface area contributed by atoms with Gasteiger partial charge in [0.05, 0.1) is 17.6 Å². The van der Waals surface area contributed by atoms with Crippen LogP contribution in [0.25, 0.3) is 0 Å². The van der Waals surface area contributed by atoms with E-state index >= 15 is 0 Å². The SMILES string of the molecule is O=C([O-])c1ccnc(C(=O)[O-])c1.O=[C]=[Rh+].[Li+]. The Labute approximate surface area is 112 Å². The fourth-order valence-electron chi connectivity index (χ4n) is 0.669. The molecule has 16 heavy (non-hydrogen) atoms. The van der Waals surface area contributed by atoms with Crippen LogP contribution in [0.3, 0.4) is 0 Å². The van der Waals surface area contributed by atoms with Crippen molar-refractivity contribution in [2.75, 3.05) is 0 Å². The third-order valence-electron chi connectivity index (χ3n) is 1.20. The fourth-order valence-corrected chi connectivity index (χ4v) is 0.669. The van der Waals surface area contributed by atoms with Gasteiger partial charge in [0.2, 0.25) is 0 Å². The third-order valence-corrected chi connectivity index (χ3v) is 1.20. The molecule has 6 nitrogen and oxygen atoms in total. The van der Waals surface area contributed by atoms with E-state index in [-0.39, 0.29) is 24.4 Å². The molecule has 0 bridgehead atoms. The van der Waals surface area contributed by atoms with Gasteiger partial charge in [-0.05, 0) is 12.1 Å². The zero-order valence-corrected chi connectivity index (χ0v) is 9.69. The van der Waals surface area contributed by atoms with E-state index in [2.05, 4.69) is 4.98 Å². The van der Waals surface area contributed by atoms with Crippen LogP contribution in [0.2, 0.25) is 0 Å². The number of carboxylic acids is 2. The molecule has 0 aliphatic rings. The molecule has 0 atom stereocenters. The zero-order chi connectivity index (χ0) is 11.8. The van der Waals surface area contributed by atoms with Crippen molar-refractivity contribution in [3.8, 4) is 0 Å². The monoisotopic (exact) mass is 303 g/mol. The second-order valence-electron chi connectivity index (χ2n) is 2.07. The summed E-state index contributed by atoms with van der Waals surface area (Å²) in [6.07, 6.45) is 1.07. The molecular formula is C8H3LiNO5Rh. The standard InChI is InChI=1S/C7H5NO4.CO.Li.Rh/c9-6(10)4-1-2-8-5(3-4)7(11)12;1-2;;/h1-3H,(H,9,10)(H,11,12);;;/q;;2*+1/p-2. The van der Waals surface area contributed by atoms with Crippen LogP contribution in [-0.2, 0) is 22.6 Å². The molecule has 1 aromatic heterocycles. The zero-order valence-electron chi connectivity index (χ0n) is 8.05. The van der Waals surface area contributed by atoms with Gasteiger partial charge in [0, 0.05) is 11.8 Å². The molecule has 1 aromatic rings. The summed E-state index contributed by atoms with van der Waals surface area (Å²) in [6, 6.07) is 2.02. The predicted molar refractivity (Wildman–Crippen MR) is 38.6 cm³/mol. The van der Waals surface area contributed by atoms with Crippen molar-refractivity contribution < 1.29 is 61.3 Å². The van der Waals surface area contributed by atoms with E-state index in [1.807, 2.05) is 17.9 Å². The Balaban J connectivity index is 0. The number of aromatic nitrogens is 1. The van der Waals surface area contributed by atoms with E-state index in [0.717, 1.165) is 18.3 Å². The van der Waals surface area contributed by atoms with Gasteiger partial charge in [0.1, 0.15) is 0 Å². The molecule has 1 heterocycles. The minimum absolute atomic E-state index is 0. The summed E-state index contributed by atoms with van der Waals surface area (Å²) in [5, 5.41) is 20.4. The van der Waals surface area contributed by atoms with Gasteiger partial charge in [0.15, 0.2) is 0 Å². The van der Waals surface area contributed by atoms with Crippen LogP contribution >= 0.6 is 0 Å². The minimum atomic E-state index is -1.52. The Bertz CT molecular complexity index is 387. The Kier molecular flexibility index (Phi) is 9.88. The molecule has 0 radical (unpaired) electrons. The summed E-state index contributed by atoms with van der Waals surface area (Å²) in [7, 11) is 0. The number of carbonyl (C=O) groups is 2. The number of pyridine rings is 1. The first kappa shape index (κ1) is 17.3. The van der Waals surface area contributed by atoms with Crippen LogP contribution in [0, 0.1) is 0 Å². The molecule has 0 saturated heterocycles. The van der Waals surface area contributed by atoms with Crippen molar-refractivity contribution in [2.24, 2.45) is 0 Å². The quantitative estimate of drug-likeness (QED) is 0.504. The van der Waals surface area contributed by atoms with Crippen molar-refractivity contribution >= 4 is 16.4 Å². The second kappa shape index (κ2) is 9.14. The Morgan fingerprint density at radius 1 is 1.31 bits per heavy atom. The number of carboxylic acid groups (broad SMARTS) is 2. The van der Waals surface area contributed by atoms with Crippen molar-refractivity contribution in [3.63, 3.8) is 0 Å². The van der Waals surface area contributed by atoms with Crippen molar-refractivity contribution in [3.05, 3.63) is 29.6 Å². The average molecular weight is 303 g/mol. The first-order valence-corrected chi connectivity index (χ1v) is 4.19. The van der Waals surface area contributed by atoms with Gasteiger partial charge >= 0.3 is 46.0 Å². The molecule has 80 valence electrons. The first-order chi connectivity index (χ1) is 7.02. The Morgan fingerprint density at radius 2 is 1.81 bits per heavy atom. The van der Waals surface area contributed by atoms with Gasteiger partial charge < -0.3 is 19.8 Å². The maximum atomic E-state index is 10.2. The second-order valence-corrected chi connectivity index (χ2v) is 2.41. The van der Waals surface area contributed by atoms with Crippen LogP contribution in [0.4, 0.5) is 0 Å². The van der Waals surface area contributed by atoms with E-state index in [4.69, 9.17) is 4.79 Å². The first-order valence-electron chi connectivity index (χ1n) is 3.37. The molecule has 8 heteroatoms. The number of hydrogen-bond acceptors (Lipinski definition) is 6. The minimum Gasteiger partial charge on any atom is 1.00 e. The van der Waals surface area contributed by atoms with Crippen molar-refractivity contribution in [2.45, 2.75) is 0 Å². The summed E-state index contributed by atoms with van der Waals surface area (Å²) in [5.41, 5.74) is -0.652. The molecule has 0 spiro atoms. The maximum absolute atomic E-state index is 10.2. The Morgan fingerprint density at radius 3 is 2.19 bits per heavy atom. The number of nitrogens with zero attached hydrogens (tertiary/aromatic N) is 1. The molecule has 0 amide bonds. The molecule has 0 saturated carbocycles. The van der Waals surface area contributed by atoms with Crippen molar-refractivity contribution in [1.82, 2.24) is 4.98 Å². The molecule has 0 aliphatic heterocycles. The molecule has 0 aliphatic carbocycles. The van der Waals surface area contributed by atoms with Gasteiger partial charge in [-0.25, -0.2) is 0 Å². The Hall–Kier alpha value is -1.11. The number of aromatic carboxylic acids is 2. The number of hydrogen-bond donors (Lipinski definition) is 0. The maximum Gasteiger partial charge on any atom is 1.00 e. The molecule has 0 unspecified atom stereocenters. The smallest absolute Gasteiger partial charge is 1.00 e. The molecular weight excluding hydrogens is 300 g/mol. The largest absolute Gasteiger partial charge is 1.00 e. The fraction of sp³-hybridized carbons (Fsp3) is 0. The summed E-state index contributed by atoms with van der Waals surface area (Å²) >= 11 is 1.92. The normalized spacial score (nSPS) is 7.56. The summed E-state index contributed by atoms with van der Waals surface area (Å²) in [6.45, 7) is 0. The molecule has 0 aromatic carbocycles. The van der Waals surface area contributed by atoms with Crippen LogP contribution in [0.5, 0.6) is 0 Å². The van der Waals surface area contributed by atoms with Gasteiger partial charge in [0.25, 0.3) is 0 Å². The van der Waals surface area contributed by atoms with Gasteiger partial charge in [-0.2, -0.15) is 0 Å². The van der Waals surface area contributed by atoms with Gasteiger partial charge in [-0.1, -0.05) is 0 Å². The average Bonchev–Trinajstić information content (AvgIpc) is 2.19. The molecule has 0 N–H and O–H groups in total. The molecule has 0 fully saturated rings. The summed E-state index contributed by atoms with van der Waals surface area (Å²) in [5.74, 6) is -2.96. The third kappa shape index (κ3) is 6.39. The van der Waals surface area contributed by atoms with Gasteiger partial charge in [-0.3, -0.25) is 4.98 Å². The number of carbonyl (C=O) groups excluding carboxylic acids is 3. The van der Waals surface area contributed by atoms with Crippen LogP contribution in [-0.4, -0.2) is 21.4 Å². The summed E-state index contributed by atoms with van der Waals surface area (Å²) in [4.78, 5) is 32.4. The number of rotatable bonds is 2. The van der Waals surface area contributed by atoms with Gasteiger partial charge in [-0.15, -0.1) is 0 Å². The van der Waals surface area contributed by atoms with Crippen LogP contribution in [0.1, 0.15) is 20.8 Å².